The van der Waals surface area contributed by atoms with E-state index in [1.807, 2.05) is 47.1 Å². The van der Waals surface area contributed by atoms with Gasteiger partial charge in [0.05, 0.1) is 19.1 Å². The van der Waals surface area contributed by atoms with Gasteiger partial charge in [-0.05, 0) is 44.7 Å². The summed E-state index contributed by atoms with van der Waals surface area (Å²) in [5.74, 6) is 1.83. The number of aryl methyl sites for hydroxylation is 1. The molecule has 7 heteroatoms. The Labute approximate surface area is 189 Å². The molecule has 32 heavy (non-hydrogen) atoms. The predicted molar refractivity (Wildman–Crippen MR) is 122 cm³/mol. The Hall–Kier alpha value is -2.80. The number of likely N-dealkylation sites (tertiary alicyclic amines) is 2. The minimum absolute atomic E-state index is 0.0218. The van der Waals surface area contributed by atoms with E-state index in [0.29, 0.717) is 25.9 Å². The summed E-state index contributed by atoms with van der Waals surface area (Å²) >= 11 is 0. The van der Waals surface area contributed by atoms with Crippen molar-refractivity contribution in [3.63, 3.8) is 0 Å². The summed E-state index contributed by atoms with van der Waals surface area (Å²) in [7, 11) is 0. The lowest BCUT2D eigenvalue weighted by Gasteiger charge is -2.38. The molecule has 0 unspecified atom stereocenters. The van der Waals surface area contributed by atoms with Crippen molar-refractivity contribution in [2.75, 3.05) is 31.1 Å². The number of piperidine rings is 1. The molecular weight excluding hydrogens is 402 g/mol. The van der Waals surface area contributed by atoms with Gasteiger partial charge in [-0.3, -0.25) is 19.4 Å². The zero-order valence-electron chi connectivity index (χ0n) is 18.8. The smallest absolute Gasteiger partial charge is 0.236 e. The van der Waals surface area contributed by atoms with Gasteiger partial charge in [-0.1, -0.05) is 36.8 Å². The first-order chi connectivity index (χ1) is 15.6. The largest absolute Gasteiger partial charge is 0.341 e. The third kappa shape index (κ3) is 4.13. The van der Waals surface area contributed by atoms with Gasteiger partial charge in [0.2, 0.25) is 11.8 Å². The van der Waals surface area contributed by atoms with E-state index in [0.717, 1.165) is 73.8 Å². The van der Waals surface area contributed by atoms with Crippen LogP contribution >= 0.6 is 0 Å². The van der Waals surface area contributed by atoms with Gasteiger partial charge in [-0.2, -0.15) is 0 Å². The summed E-state index contributed by atoms with van der Waals surface area (Å²) in [4.78, 5) is 41.4. The Morgan fingerprint density at radius 3 is 2.59 bits per heavy atom. The Morgan fingerprint density at radius 1 is 1.03 bits per heavy atom. The standard InChI is InChI=1S/C25H31N5O2/c1-18-20-11-12-22(31)30(16-19-8-3-2-4-9-19)25(20)27-24(26-18)21-10-5-6-13-29(21)17-23(32)28-14-7-15-28/h2-4,8-9,21H,5-7,10-17H2,1H3/t21-/m1/s1. The summed E-state index contributed by atoms with van der Waals surface area (Å²) < 4.78 is 0. The fourth-order valence-corrected chi connectivity index (χ4v) is 4.99. The summed E-state index contributed by atoms with van der Waals surface area (Å²) in [5, 5.41) is 0. The molecule has 3 aliphatic rings. The molecule has 0 bridgehead atoms. The molecule has 0 N–H and O–H groups in total. The van der Waals surface area contributed by atoms with E-state index < -0.39 is 0 Å². The minimum Gasteiger partial charge on any atom is -0.341 e. The Bertz CT molecular complexity index is 1000. The van der Waals surface area contributed by atoms with Crippen LogP contribution in [0.1, 0.15) is 60.8 Å². The molecule has 5 rings (SSSR count). The SMILES string of the molecule is Cc1nc([C@H]2CCCCN2CC(=O)N2CCC2)nc2c1CCC(=O)N2Cc1ccccc1. The van der Waals surface area contributed by atoms with E-state index in [-0.39, 0.29) is 17.9 Å². The predicted octanol–water partition coefficient (Wildman–Crippen LogP) is 3.02. The fourth-order valence-electron chi connectivity index (χ4n) is 4.99. The molecule has 1 atom stereocenters. The molecule has 0 aliphatic carbocycles. The number of hydrogen-bond donors (Lipinski definition) is 0. The van der Waals surface area contributed by atoms with E-state index in [1.54, 1.807) is 0 Å². The zero-order chi connectivity index (χ0) is 22.1. The molecule has 2 fully saturated rings. The molecule has 0 spiro atoms. The average molecular weight is 434 g/mol. The number of benzene rings is 1. The molecule has 2 saturated heterocycles. The van der Waals surface area contributed by atoms with E-state index in [9.17, 15) is 9.59 Å². The van der Waals surface area contributed by atoms with E-state index in [4.69, 9.17) is 9.97 Å². The first kappa shape index (κ1) is 21.1. The number of carbonyl (C=O) groups is 2. The van der Waals surface area contributed by atoms with Gasteiger partial charge >= 0.3 is 0 Å². The van der Waals surface area contributed by atoms with Crippen LogP contribution in [0.5, 0.6) is 0 Å². The van der Waals surface area contributed by atoms with E-state index in [1.165, 1.54) is 0 Å². The lowest BCUT2D eigenvalue weighted by Crippen LogP contribution is -2.49. The second kappa shape index (κ2) is 8.98. The van der Waals surface area contributed by atoms with Gasteiger partial charge in [0.25, 0.3) is 0 Å². The van der Waals surface area contributed by atoms with Crippen molar-refractivity contribution in [3.8, 4) is 0 Å². The van der Waals surface area contributed by atoms with Crippen LogP contribution in [0, 0.1) is 6.92 Å². The number of rotatable bonds is 5. The summed E-state index contributed by atoms with van der Waals surface area (Å²) in [5.41, 5.74) is 3.12. The number of nitrogens with zero attached hydrogens (tertiary/aromatic N) is 5. The Balaban J connectivity index is 1.45. The monoisotopic (exact) mass is 433 g/mol. The molecule has 2 aromatic rings. The number of anilines is 1. The van der Waals surface area contributed by atoms with Crippen LogP contribution in [0.15, 0.2) is 30.3 Å². The van der Waals surface area contributed by atoms with Crippen molar-refractivity contribution in [2.45, 2.75) is 58.0 Å². The second-order valence-corrected chi connectivity index (χ2v) is 9.15. The van der Waals surface area contributed by atoms with E-state index >= 15 is 0 Å². The van der Waals surface area contributed by atoms with E-state index in [2.05, 4.69) is 4.90 Å². The number of hydrogen-bond acceptors (Lipinski definition) is 5. The topological polar surface area (TPSA) is 69.6 Å². The van der Waals surface area contributed by atoms with Crippen molar-refractivity contribution in [2.24, 2.45) is 0 Å². The summed E-state index contributed by atoms with van der Waals surface area (Å²) in [6.45, 7) is 5.61. The maximum absolute atomic E-state index is 12.9. The van der Waals surface area contributed by atoms with Gasteiger partial charge in [-0.15, -0.1) is 0 Å². The number of fused-ring (bicyclic) bond motifs is 1. The molecule has 1 aromatic heterocycles. The average Bonchev–Trinajstić information content (AvgIpc) is 2.75. The van der Waals surface area contributed by atoms with Crippen LogP contribution in [0.3, 0.4) is 0 Å². The molecule has 3 aliphatic heterocycles. The first-order valence-electron chi connectivity index (χ1n) is 11.8. The molecule has 0 radical (unpaired) electrons. The number of amides is 2. The van der Waals surface area contributed by atoms with Crippen molar-refractivity contribution in [1.29, 1.82) is 0 Å². The van der Waals surface area contributed by atoms with Crippen LogP contribution in [0.25, 0.3) is 0 Å². The number of carbonyl (C=O) groups excluding carboxylic acids is 2. The summed E-state index contributed by atoms with van der Waals surface area (Å²) in [6.07, 6.45) is 5.42. The highest BCUT2D eigenvalue weighted by molar-refractivity contribution is 5.95. The molecular formula is C25H31N5O2. The molecule has 4 heterocycles. The van der Waals surface area contributed by atoms with Crippen LogP contribution in [0.2, 0.25) is 0 Å². The van der Waals surface area contributed by atoms with Crippen LogP contribution in [-0.2, 0) is 22.6 Å². The van der Waals surface area contributed by atoms with Crippen LogP contribution < -0.4 is 4.90 Å². The van der Waals surface area contributed by atoms with Crippen molar-refractivity contribution in [1.82, 2.24) is 19.8 Å². The highest BCUT2D eigenvalue weighted by atomic mass is 16.2. The maximum Gasteiger partial charge on any atom is 0.236 e. The quantitative estimate of drug-likeness (QED) is 0.725. The number of aromatic nitrogens is 2. The zero-order valence-corrected chi connectivity index (χ0v) is 18.8. The van der Waals surface area contributed by atoms with Crippen molar-refractivity contribution >= 4 is 17.6 Å². The van der Waals surface area contributed by atoms with Gasteiger partial charge in [0.1, 0.15) is 11.6 Å². The van der Waals surface area contributed by atoms with Crippen molar-refractivity contribution in [3.05, 3.63) is 53.0 Å². The third-order valence-corrected chi connectivity index (χ3v) is 7.00. The van der Waals surface area contributed by atoms with Crippen LogP contribution in [-0.4, -0.2) is 57.8 Å². The molecule has 0 saturated carbocycles. The normalized spacial score (nSPS) is 21.3. The molecule has 2 amide bonds. The van der Waals surface area contributed by atoms with Gasteiger partial charge in [0.15, 0.2) is 0 Å². The van der Waals surface area contributed by atoms with Gasteiger partial charge in [-0.25, -0.2) is 9.97 Å². The lowest BCUT2D eigenvalue weighted by molar-refractivity contribution is -0.136. The third-order valence-electron chi connectivity index (χ3n) is 7.00. The highest BCUT2D eigenvalue weighted by Crippen LogP contribution is 2.34. The second-order valence-electron chi connectivity index (χ2n) is 9.15. The Morgan fingerprint density at radius 2 is 1.84 bits per heavy atom. The van der Waals surface area contributed by atoms with Gasteiger partial charge in [0, 0.05) is 30.8 Å². The van der Waals surface area contributed by atoms with Crippen molar-refractivity contribution < 1.29 is 9.59 Å². The minimum atomic E-state index is 0.0218. The van der Waals surface area contributed by atoms with Crippen LogP contribution in [0.4, 0.5) is 5.82 Å². The molecule has 168 valence electrons. The summed E-state index contributed by atoms with van der Waals surface area (Å²) in [6, 6.07) is 10.1. The fraction of sp³-hybridized carbons (Fsp3) is 0.520. The van der Waals surface area contributed by atoms with Gasteiger partial charge < -0.3 is 4.90 Å². The lowest BCUT2D eigenvalue weighted by atomic mass is 9.99. The highest BCUT2D eigenvalue weighted by Gasteiger charge is 2.33. The molecule has 1 aromatic carbocycles. The maximum atomic E-state index is 12.9. The first-order valence-corrected chi connectivity index (χ1v) is 11.8. The Kier molecular flexibility index (Phi) is 5.91. The molecule has 7 nitrogen and oxygen atoms in total.